The Morgan fingerprint density at radius 2 is 1.69 bits per heavy atom. The van der Waals surface area contributed by atoms with Crippen LogP contribution in [0.5, 0.6) is 0 Å². The van der Waals surface area contributed by atoms with Gasteiger partial charge in [-0.15, -0.1) is 0 Å². The molecule has 6 heteroatoms. The van der Waals surface area contributed by atoms with Gasteiger partial charge in [0, 0.05) is 25.6 Å². The summed E-state index contributed by atoms with van der Waals surface area (Å²) < 4.78 is 28.0. The molecule has 29 heavy (non-hydrogen) atoms. The third kappa shape index (κ3) is 5.90. The molecule has 2 aromatic carbocycles. The van der Waals surface area contributed by atoms with E-state index >= 15 is 0 Å². The second-order valence-corrected chi connectivity index (χ2v) is 9.67. The molecule has 1 fully saturated rings. The van der Waals surface area contributed by atoms with Crippen LogP contribution < -0.4 is 4.72 Å². The van der Waals surface area contributed by atoms with Crippen molar-refractivity contribution in [3.05, 3.63) is 65.7 Å². The summed E-state index contributed by atoms with van der Waals surface area (Å²) in [5, 5.41) is 0. The van der Waals surface area contributed by atoms with Crippen molar-refractivity contribution in [2.45, 2.75) is 50.5 Å². The number of hydrogen-bond acceptors (Lipinski definition) is 3. The van der Waals surface area contributed by atoms with Crippen LogP contribution >= 0.6 is 0 Å². The van der Waals surface area contributed by atoms with E-state index in [1.54, 1.807) is 24.3 Å². The van der Waals surface area contributed by atoms with Gasteiger partial charge in [0.1, 0.15) is 0 Å². The number of hydrogen-bond donors (Lipinski definition) is 1. The summed E-state index contributed by atoms with van der Waals surface area (Å²) in [5.74, 6) is 0.888. The van der Waals surface area contributed by atoms with Gasteiger partial charge in [-0.2, -0.15) is 0 Å². The molecule has 5 nitrogen and oxygen atoms in total. The lowest BCUT2D eigenvalue weighted by molar-refractivity contribution is -0.132. The topological polar surface area (TPSA) is 66.5 Å². The average Bonchev–Trinajstić information content (AvgIpc) is 2.73. The zero-order valence-electron chi connectivity index (χ0n) is 17.2. The maximum Gasteiger partial charge on any atom is 0.241 e. The number of benzene rings is 2. The van der Waals surface area contributed by atoms with Crippen molar-refractivity contribution in [1.82, 2.24) is 9.62 Å². The molecule has 1 amide bonds. The first-order chi connectivity index (χ1) is 13.8. The molecule has 0 aromatic heterocycles. The van der Waals surface area contributed by atoms with Gasteiger partial charge in [-0.05, 0) is 55.4 Å². The van der Waals surface area contributed by atoms with Crippen LogP contribution in [0.15, 0.2) is 59.5 Å². The molecule has 156 valence electrons. The molecule has 3 rings (SSSR count). The van der Waals surface area contributed by atoms with Crippen LogP contribution in [-0.2, 0) is 21.2 Å². The number of nitrogens with one attached hydrogen (secondary N) is 1. The number of carbonyl (C=O) groups is 1. The Morgan fingerprint density at radius 3 is 2.31 bits per heavy atom. The predicted octanol–water partition coefficient (Wildman–Crippen LogP) is 3.92. The summed E-state index contributed by atoms with van der Waals surface area (Å²) in [7, 11) is -3.60. The van der Waals surface area contributed by atoms with E-state index in [9.17, 15) is 13.2 Å². The van der Waals surface area contributed by atoms with Crippen molar-refractivity contribution in [2.24, 2.45) is 5.92 Å². The van der Waals surface area contributed by atoms with Crippen LogP contribution in [0.2, 0.25) is 0 Å². The average molecular weight is 415 g/mol. The van der Waals surface area contributed by atoms with E-state index < -0.39 is 10.0 Å². The Morgan fingerprint density at radius 1 is 1.07 bits per heavy atom. The van der Waals surface area contributed by atoms with Crippen LogP contribution in [0.1, 0.15) is 50.3 Å². The number of aryl methyl sites for hydroxylation is 1. The first-order valence-corrected chi connectivity index (χ1v) is 11.8. The van der Waals surface area contributed by atoms with E-state index in [4.69, 9.17) is 0 Å². The Hall–Kier alpha value is -2.18. The molecule has 1 aliphatic rings. The lowest BCUT2D eigenvalue weighted by Crippen LogP contribution is -2.37. The van der Waals surface area contributed by atoms with Crippen LogP contribution in [0.25, 0.3) is 0 Å². The highest BCUT2D eigenvalue weighted by atomic mass is 32.2. The van der Waals surface area contributed by atoms with Crippen molar-refractivity contribution in [1.29, 1.82) is 0 Å². The van der Waals surface area contributed by atoms with Crippen LogP contribution in [0, 0.1) is 5.92 Å². The van der Waals surface area contributed by atoms with Gasteiger partial charge < -0.3 is 4.90 Å². The summed E-state index contributed by atoms with van der Waals surface area (Å²) >= 11 is 0. The smallest absolute Gasteiger partial charge is 0.241 e. The molecular formula is C23H30N2O3S. The molecule has 0 unspecified atom stereocenters. The second-order valence-electron chi connectivity index (χ2n) is 7.96. The van der Waals surface area contributed by atoms with Gasteiger partial charge in [0.25, 0.3) is 0 Å². The summed E-state index contributed by atoms with van der Waals surface area (Å²) in [5.41, 5.74) is 1.89. The van der Waals surface area contributed by atoms with Crippen molar-refractivity contribution in [3.63, 3.8) is 0 Å². The Labute approximate surface area is 174 Å². The van der Waals surface area contributed by atoms with E-state index in [2.05, 4.69) is 11.6 Å². The number of amides is 1. The van der Waals surface area contributed by atoms with Crippen LogP contribution in [-0.4, -0.2) is 32.3 Å². The number of carbonyl (C=O) groups excluding carboxylic acids is 1. The van der Waals surface area contributed by atoms with Crippen LogP contribution in [0.4, 0.5) is 0 Å². The summed E-state index contributed by atoms with van der Waals surface area (Å²) in [6, 6.07) is 16.0. The normalized spacial score (nSPS) is 16.6. The summed E-state index contributed by atoms with van der Waals surface area (Å²) in [6.07, 6.45) is 3.24. The van der Waals surface area contributed by atoms with E-state index in [0.29, 0.717) is 18.8 Å². The molecule has 1 aliphatic heterocycles. The minimum Gasteiger partial charge on any atom is -0.343 e. The summed E-state index contributed by atoms with van der Waals surface area (Å²) in [4.78, 5) is 14.6. The van der Waals surface area contributed by atoms with Crippen molar-refractivity contribution in [3.8, 4) is 0 Å². The van der Waals surface area contributed by atoms with Gasteiger partial charge in [-0.3, -0.25) is 4.79 Å². The highest BCUT2D eigenvalue weighted by Crippen LogP contribution is 2.19. The van der Waals surface area contributed by atoms with Gasteiger partial charge in [-0.25, -0.2) is 13.1 Å². The quantitative estimate of drug-likeness (QED) is 0.747. The number of piperidine rings is 1. The molecule has 0 aliphatic carbocycles. The summed E-state index contributed by atoms with van der Waals surface area (Å²) in [6.45, 7) is 5.76. The van der Waals surface area contributed by atoms with E-state index in [1.165, 1.54) is 0 Å². The second kappa shape index (κ2) is 9.55. The molecule has 1 N–H and O–H groups in total. The monoisotopic (exact) mass is 414 g/mol. The molecule has 0 radical (unpaired) electrons. The molecule has 0 saturated carbocycles. The fraction of sp³-hybridized carbons (Fsp3) is 0.435. The first kappa shape index (κ1) is 21.5. The molecule has 1 saturated heterocycles. The zero-order valence-corrected chi connectivity index (χ0v) is 18.0. The Kier molecular flexibility index (Phi) is 7.09. The van der Waals surface area contributed by atoms with Crippen molar-refractivity contribution in [2.75, 3.05) is 13.1 Å². The number of nitrogens with zero attached hydrogens (tertiary/aromatic N) is 1. The standard InChI is InChI=1S/C23H30N2O3S/c1-18-14-16-25(17-15-18)23(26)13-10-20-8-11-22(12-9-20)29(27,28)24-19(2)21-6-4-3-5-7-21/h3-9,11-12,18-19,24H,10,13-17H2,1-2H3/t19-/m0/s1. The SMILES string of the molecule is CC1CCN(C(=O)CCc2ccc(S(=O)(=O)N[C@@H](C)c3ccccc3)cc2)CC1. The first-order valence-electron chi connectivity index (χ1n) is 10.3. The Balaban J connectivity index is 1.55. The fourth-order valence-corrected chi connectivity index (χ4v) is 4.85. The van der Waals surface area contributed by atoms with Gasteiger partial charge in [-0.1, -0.05) is 49.4 Å². The maximum atomic E-state index is 12.7. The van der Waals surface area contributed by atoms with Gasteiger partial charge >= 0.3 is 0 Å². The largest absolute Gasteiger partial charge is 0.343 e. The number of sulfonamides is 1. The highest BCUT2D eigenvalue weighted by Gasteiger charge is 2.21. The van der Waals surface area contributed by atoms with Gasteiger partial charge in [0.2, 0.25) is 15.9 Å². The van der Waals surface area contributed by atoms with Crippen molar-refractivity contribution >= 4 is 15.9 Å². The molecule has 2 aromatic rings. The molecular weight excluding hydrogens is 384 g/mol. The highest BCUT2D eigenvalue weighted by molar-refractivity contribution is 7.89. The lowest BCUT2D eigenvalue weighted by atomic mass is 9.98. The maximum absolute atomic E-state index is 12.7. The van der Waals surface area contributed by atoms with Gasteiger partial charge in [0.15, 0.2) is 0 Å². The zero-order chi connectivity index (χ0) is 20.9. The van der Waals surface area contributed by atoms with Crippen molar-refractivity contribution < 1.29 is 13.2 Å². The van der Waals surface area contributed by atoms with E-state index in [1.807, 2.05) is 42.2 Å². The lowest BCUT2D eigenvalue weighted by Gasteiger charge is -2.30. The fourth-order valence-electron chi connectivity index (χ4n) is 3.61. The third-order valence-corrected chi connectivity index (χ3v) is 7.19. The number of rotatable bonds is 7. The van der Waals surface area contributed by atoms with E-state index in [0.717, 1.165) is 37.1 Å². The molecule has 1 atom stereocenters. The molecule has 0 bridgehead atoms. The van der Waals surface area contributed by atoms with Crippen LogP contribution in [0.3, 0.4) is 0 Å². The minimum absolute atomic E-state index is 0.187. The minimum atomic E-state index is -3.60. The predicted molar refractivity (Wildman–Crippen MR) is 115 cm³/mol. The van der Waals surface area contributed by atoms with Gasteiger partial charge in [0.05, 0.1) is 4.90 Å². The Bertz CT molecular complexity index is 903. The molecule has 0 spiro atoms. The third-order valence-electron chi connectivity index (χ3n) is 5.63. The number of likely N-dealkylation sites (tertiary alicyclic amines) is 1. The van der Waals surface area contributed by atoms with E-state index in [-0.39, 0.29) is 16.8 Å². The molecule has 1 heterocycles.